The average molecular weight is 153 g/mol. The lowest BCUT2D eigenvalue weighted by molar-refractivity contribution is 0.243. The average Bonchev–Trinajstić information content (AvgIpc) is 2.70. The Labute approximate surface area is 69.6 Å². The molecule has 0 bridgehead atoms. The fourth-order valence-electron chi connectivity index (χ4n) is 2.15. The van der Waals surface area contributed by atoms with Crippen LogP contribution in [-0.2, 0) is 0 Å². The zero-order chi connectivity index (χ0) is 7.90. The Morgan fingerprint density at radius 1 is 1.27 bits per heavy atom. The van der Waals surface area contributed by atoms with E-state index in [-0.39, 0.29) is 0 Å². The summed E-state index contributed by atoms with van der Waals surface area (Å²) in [5.74, 6) is 1.82. The van der Waals surface area contributed by atoms with Gasteiger partial charge in [0.25, 0.3) is 0 Å². The van der Waals surface area contributed by atoms with E-state index >= 15 is 0 Å². The maximum Gasteiger partial charge on any atom is 0.0183 e. The van der Waals surface area contributed by atoms with Crippen molar-refractivity contribution in [3.63, 3.8) is 0 Å². The van der Waals surface area contributed by atoms with Gasteiger partial charge in [-0.05, 0) is 44.1 Å². The van der Waals surface area contributed by atoms with Crippen LogP contribution < -0.4 is 5.32 Å². The summed E-state index contributed by atoms with van der Waals surface area (Å²) in [5.41, 5.74) is 0.644. The smallest absolute Gasteiger partial charge is 0.0183 e. The van der Waals surface area contributed by atoms with E-state index in [1.54, 1.807) is 0 Å². The van der Waals surface area contributed by atoms with Crippen molar-refractivity contribution in [3.8, 4) is 0 Å². The van der Waals surface area contributed by atoms with Crippen LogP contribution in [0.4, 0.5) is 0 Å². The van der Waals surface area contributed by atoms with Crippen molar-refractivity contribution >= 4 is 0 Å². The highest BCUT2D eigenvalue weighted by Gasteiger charge is 2.44. The van der Waals surface area contributed by atoms with Gasteiger partial charge in [-0.25, -0.2) is 0 Å². The van der Waals surface area contributed by atoms with Crippen LogP contribution in [0.3, 0.4) is 0 Å². The molecule has 1 heteroatoms. The molecule has 1 N–H and O–H groups in total. The van der Waals surface area contributed by atoms with Crippen molar-refractivity contribution in [1.29, 1.82) is 0 Å². The summed E-state index contributed by atoms with van der Waals surface area (Å²) in [4.78, 5) is 0. The van der Waals surface area contributed by atoms with E-state index in [4.69, 9.17) is 0 Å². The van der Waals surface area contributed by atoms with Crippen molar-refractivity contribution in [2.24, 2.45) is 11.8 Å². The number of hydrogen-bond donors (Lipinski definition) is 1. The maximum absolute atomic E-state index is 3.70. The first-order valence-corrected chi connectivity index (χ1v) is 4.97. The highest BCUT2D eigenvalue weighted by atomic mass is 15.0. The SMILES string of the molecule is CC(C)[C@H]1CCC2(CC2)NC1. The third-order valence-corrected chi connectivity index (χ3v) is 3.53. The Kier molecular flexibility index (Phi) is 1.71. The lowest BCUT2D eigenvalue weighted by Gasteiger charge is -2.32. The number of piperidine rings is 1. The number of rotatable bonds is 1. The normalized spacial score (nSPS) is 34.6. The Hall–Kier alpha value is -0.0400. The van der Waals surface area contributed by atoms with E-state index in [9.17, 15) is 0 Å². The highest BCUT2D eigenvalue weighted by Crippen LogP contribution is 2.43. The molecule has 1 aliphatic carbocycles. The van der Waals surface area contributed by atoms with Gasteiger partial charge in [-0.2, -0.15) is 0 Å². The zero-order valence-corrected chi connectivity index (χ0v) is 7.69. The van der Waals surface area contributed by atoms with E-state index in [1.807, 2.05) is 0 Å². The summed E-state index contributed by atoms with van der Waals surface area (Å²) in [7, 11) is 0. The maximum atomic E-state index is 3.70. The van der Waals surface area contributed by atoms with Crippen molar-refractivity contribution in [2.45, 2.75) is 45.1 Å². The van der Waals surface area contributed by atoms with Gasteiger partial charge in [-0.3, -0.25) is 0 Å². The van der Waals surface area contributed by atoms with Crippen LogP contribution in [0.1, 0.15) is 39.5 Å². The third kappa shape index (κ3) is 1.44. The quantitative estimate of drug-likeness (QED) is 0.609. The molecule has 1 heterocycles. The van der Waals surface area contributed by atoms with Crippen molar-refractivity contribution in [2.75, 3.05) is 6.54 Å². The molecule has 2 rings (SSSR count). The fourth-order valence-corrected chi connectivity index (χ4v) is 2.15. The Balaban J connectivity index is 1.84. The van der Waals surface area contributed by atoms with Crippen LogP contribution in [0, 0.1) is 11.8 Å². The number of nitrogens with one attached hydrogen (secondary N) is 1. The largest absolute Gasteiger partial charge is 0.311 e. The topological polar surface area (TPSA) is 12.0 Å². The minimum atomic E-state index is 0.644. The van der Waals surface area contributed by atoms with Crippen LogP contribution in [-0.4, -0.2) is 12.1 Å². The highest BCUT2D eigenvalue weighted by molar-refractivity contribution is 5.04. The molecule has 0 radical (unpaired) electrons. The summed E-state index contributed by atoms with van der Waals surface area (Å²) in [5, 5.41) is 3.70. The summed E-state index contributed by atoms with van der Waals surface area (Å²) >= 11 is 0. The molecule has 0 aromatic carbocycles. The Morgan fingerprint density at radius 2 is 2.00 bits per heavy atom. The standard InChI is InChI=1S/C10H19N/c1-8(2)9-3-4-10(5-6-10)11-7-9/h8-9,11H,3-7H2,1-2H3/t9-/m0/s1. The van der Waals surface area contributed by atoms with Gasteiger partial charge in [0.05, 0.1) is 0 Å². The van der Waals surface area contributed by atoms with Crippen molar-refractivity contribution in [3.05, 3.63) is 0 Å². The predicted molar refractivity (Wildman–Crippen MR) is 47.5 cm³/mol. The van der Waals surface area contributed by atoms with Crippen LogP contribution in [0.15, 0.2) is 0 Å². The third-order valence-electron chi connectivity index (χ3n) is 3.53. The van der Waals surface area contributed by atoms with E-state index in [2.05, 4.69) is 19.2 Å². The molecule has 1 atom stereocenters. The Bertz CT molecular complexity index is 137. The second-order valence-corrected chi connectivity index (χ2v) is 4.70. The zero-order valence-electron chi connectivity index (χ0n) is 7.69. The second-order valence-electron chi connectivity index (χ2n) is 4.70. The van der Waals surface area contributed by atoms with E-state index < -0.39 is 0 Å². The molecule has 0 aromatic heterocycles. The van der Waals surface area contributed by atoms with Gasteiger partial charge in [0, 0.05) is 5.54 Å². The van der Waals surface area contributed by atoms with Crippen LogP contribution in [0.5, 0.6) is 0 Å². The van der Waals surface area contributed by atoms with Gasteiger partial charge >= 0.3 is 0 Å². The van der Waals surface area contributed by atoms with Crippen LogP contribution >= 0.6 is 0 Å². The lowest BCUT2D eigenvalue weighted by atomic mass is 9.85. The van der Waals surface area contributed by atoms with Gasteiger partial charge in [0.15, 0.2) is 0 Å². The van der Waals surface area contributed by atoms with Gasteiger partial charge in [-0.1, -0.05) is 13.8 Å². The van der Waals surface area contributed by atoms with E-state index in [0.717, 1.165) is 11.8 Å². The predicted octanol–water partition coefficient (Wildman–Crippen LogP) is 2.17. The van der Waals surface area contributed by atoms with Crippen molar-refractivity contribution in [1.82, 2.24) is 5.32 Å². The summed E-state index contributed by atoms with van der Waals surface area (Å²) in [6.07, 6.45) is 5.79. The number of hydrogen-bond acceptors (Lipinski definition) is 1. The molecule has 64 valence electrons. The molecule has 1 aliphatic heterocycles. The van der Waals surface area contributed by atoms with Gasteiger partial charge < -0.3 is 5.32 Å². The molecule has 0 aromatic rings. The van der Waals surface area contributed by atoms with E-state index in [1.165, 1.54) is 32.2 Å². The Morgan fingerprint density at radius 3 is 2.36 bits per heavy atom. The first kappa shape index (κ1) is 7.60. The fraction of sp³-hybridized carbons (Fsp3) is 1.00. The molecular weight excluding hydrogens is 134 g/mol. The molecule has 11 heavy (non-hydrogen) atoms. The minimum absolute atomic E-state index is 0.644. The van der Waals surface area contributed by atoms with Gasteiger partial charge in [0.1, 0.15) is 0 Å². The molecule has 1 spiro atoms. The molecule has 0 amide bonds. The minimum Gasteiger partial charge on any atom is -0.311 e. The summed E-state index contributed by atoms with van der Waals surface area (Å²) < 4.78 is 0. The molecule has 2 fully saturated rings. The first-order chi connectivity index (χ1) is 5.22. The van der Waals surface area contributed by atoms with Gasteiger partial charge in [-0.15, -0.1) is 0 Å². The summed E-state index contributed by atoms with van der Waals surface area (Å²) in [6.45, 7) is 5.96. The van der Waals surface area contributed by atoms with Crippen LogP contribution in [0.2, 0.25) is 0 Å². The van der Waals surface area contributed by atoms with E-state index in [0.29, 0.717) is 5.54 Å². The monoisotopic (exact) mass is 153 g/mol. The molecular formula is C10H19N. The summed E-state index contributed by atoms with van der Waals surface area (Å²) in [6, 6.07) is 0. The molecule has 1 saturated heterocycles. The second kappa shape index (κ2) is 2.48. The molecule has 2 aliphatic rings. The van der Waals surface area contributed by atoms with Gasteiger partial charge in [0.2, 0.25) is 0 Å². The van der Waals surface area contributed by atoms with Crippen LogP contribution in [0.25, 0.3) is 0 Å². The molecule has 0 unspecified atom stereocenters. The lowest BCUT2D eigenvalue weighted by Crippen LogP contribution is -2.42. The molecule has 1 saturated carbocycles. The molecule has 1 nitrogen and oxygen atoms in total. The first-order valence-electron chi connectivity index (χ1n) is 4.97. The van der Waals surface area contributed by atoms with Crippen molar-refractivity contribution < 1.29 is 0 Å².